The second-order valence-electron chi connectivity index (χ2n) is 3.51. The molecule has 1 N–H and O–H groups in total. The molecule has 0 aromatic carbocycles. The lowest BCUT2D eigenvalue weighted by molar-refractivity contribution is 0.555. The van der Waals surface area contributed by atoms with Gasteiger partial charge in [-0.3, -0.25) is 0 Å². The number of hydrogen-bond donors (Lipinski definition) is 1. The molecular weight excluding hydrogens is 205 g/mol. The van der Waals surface area contributed by atoms with Gasteiger partial charge in [0.15, 0.2) is 0 Å². The highest BCUT2D eigenvalue weighted by molar-refractivity contribution is 5.40. The Labute approximate surface area is 96.7 Å². The second kappa shape index (κ2) is 6.43. The van der Waals surface area contributed by atoms with Gasteiger partial charge in [-0.1, -0.05) is 19.9 Å². The number of pyridine rings is 1. The van der Waals surface area contributed by atoms with E-state index in [-0.39, 0.29) is 5.95 Å². The quantitative estimate of drug-likeness (QED) is 0.741. The van der Waals surface area contributed by atoms with Crippen LogP contribution in [0.2, 0.25) is 0 Å². The van der Waals surface area contributed by atoms with Crippen LogP contribution in [0.4, 0.5) is 10.2 Å². The van der Waals surface area contributed by atoms with Gasteiger partial charge in [-0.25, -0.2) is 4.98 Å². The fourth-order valence-electron chi connectivity index (χ4n) is 1.56. The molecule has 2 heterocycles. The molecule has 1 fully saturated rings. The van der Waals surface area contributed by atoms with Gasteiger partial charge in [0.2, 0.25) is 5.95 Å². The SMILES string of the molecule is CC.Cc1ccc(N2CCNCC2)nc1F. The smallest absolute Gasteiger partial charge is 0.217 e. The molecule has 0 radical (unpaired) electrons. The minimum absolute atomic E-state index is 0.360. The zero-order valence-corrected chi connectivity index (χ0v) is 10.3. The lowest BCUT2D eigenvalue weighted by atomic mass is 10.3. The zero-order valence-electron chi connectivity index (χ0n) is 10.3. The number of hydrogen-bond acceptors (Lipinski definition) is 3. The van der Waals surface area contributed by atoms with E-state index in [2.05, 4.69) is 15.2 Å². The molecule has 0 atom stereocenters. The van der Waals surface area contributed by atoms with E-state index in [9.17, 15) is 4.39 Å². The molecule has 0 saturated carbocycles. The molecule has 2 rings (SSSR count). The van der Waals surface area contributed by atoms with Gasteiger partial charge < -0.3 is 10.2 Å². The average molecular weight is 225 g/mol. The number of nitrogens with zero attached hydrogens (tertiary/aromatic N) is 2. The number of halogens is 1. The summed E-state index contributed by atoms with van der Waals surface area (Å²) in [5.74, 6) is 0.385. The minimum atomic E-state index is -0.360. The van der Waals surface area contributed by atoms with Crippen molar-refractivity contribution in [2.75, 3.05) is 31.1 Å². The first-order valence-electron chi connectivity index (χ1n) is 5.86. The van der Waals surface area contributed by atoms with E-state index in [1.165, 1.54) is 0 Å². The third-order valence-electron chi connectivity index (χ3n) is 2.46. The zero-order chi connectivity index (χ0) is 12.0. The van der Waals surface area contributed by atoms with E-state index in [0.29, 0.717) is 5.56 Å². The molecule has 0 unspecified atom stereocenters. The topological polar surface area (TPSA) is 28.2 Å². The van der Waals surface area contributed by atoms with Gasteiger partial charge in [0.1, 0.15) is 5.82 Å². The summed E-state index contributed by atoms with van der Waals surface area (Å²) >= 11 is 0. The average Bonchev–Trinajstić information content (AvgIpc) is 2.36. The van der Waals surface area contributed by atoms with Gasteiger partial charge in [-0.15, -0.1) is 0 Å². The summed E-state index contributed by atoms with van der Waals surface area (Å²) in [7, 11) is 0. The molecule has 1 aromatic rings. The van der Waals surface area contributed by atoms with Crippen molar-refractivity contribution >= 4 is 5.82 Å². The van der Waals surface area contributed by atoms with Crippen molar-refractivity contribution in [1.29, 1.82) is 0 Å². The third kappa shape index (κ3) is 3.17. The Bertz CT molecular complexity index is 322. The van der Waals surface area contributed by atoms with Crippen LogP contribution >= 0.6 is 0 Å². The maximum Gasteiger partial charge on any atom is 0.217 e. The van der Waals surface area contributed by atoms with Gasteiger partial charge in [-0.2, -0.15) is 4.39 Å². The van der Waals surface area contributed by atoms with E-state index < -0.39 is 0 Å². The Morgan fingerprint density at radius 1 is 1.25 bits per heavy atom. The van der Waals surface area contributed by atoms with Crippen LogP contribution in [0.15, 0.2) is 12.1 Å². The summed E-state index contributed by atoms with van der Waals surface area (Å²) < 4.78 is 13.2. The number of anilines is 1. The molecule has 3 nitrogen and oxygen atoms in total. The summed E-state index contributed by atoms with van der Waals surface area (Å²) in [5, 5.41) is 3.25. The molecule has 1 aliphatic rings. The molecule has 4 heteroatoms. The molecule has 1 aromatic heterocycles. The molecule has 1 aliphatic heterocycles. The van der Waals surface area contributed by atoms with Gasteiger partial charge in [0.25, 0.3) is 0 Å². The fourth-order valence-corrected chi connectivity index (χ4v) is 1.56. The predicted octanol–water partition coefficient (Wildman–Crippen LogP) is 1.96. The van der Waals surface area contributed by atoms with Crippen LogP contribution in [0.5, 0.6) is 0 Å². The first kappa shape index (κ1) is 12.9. The lowest BCUT2D eigenvalue weighted by Gasteiger charge is -2.28. The van der Waals surface area contributed by atoms with Crippen molar-refractivity contribution in [1.82, 2.24) is 10.3 Å². The van der Waals surface area contributed by atoms with Gasteiger partial charge >= 0.3 is 0 Å². The van der Waals surface area contributed by atoms with E-state index in [1.807, 2.05) is 19.9 Å². The van der Waals surface area contributed by atoms with Crippen molar-refractivity contribution in [2.45, 2.75) is 20.8 Å². The van der Waals surface area contributed by atoms with Crippen LogP contribution in [0.1, 0.15) is 19.4 Å². The monoisotopic (exact) mass is 225 g/mol. The Hall–Kier alpha value is -1.16. The number of piperazine rings is 1. The van der Waals surface area contributed by atoms with E-state index in [4.69, 9.17) is 0 Å². The lowest BCUT2D eigenvalue weighted by Crippen LogP contribution is -2.43. The van der Waals surface area contributed by atoms with Crippen molar-refractivity contribution in [3.05, 3.63) is 23.6 Å². The number of aryl methyl sites for hydroxylation is 1. The van der Waals surface area contributed by atoms with Gasteiger partial charge in [0.05, 0.1) is 0 Å². The Kier molecular flexibility index (Phi) is 5.19. The van der Waals surface area contributed by atoms with Crippen LogP contribution in [0.3, 0.4) is 0 Å². The molecule has 0 aliphatic carbocycles. The maximum atomic E-state index is 13.2. The van der Waals surface area contributed by atoms with E-state index >= 15 is 0 Å². The first-order chi connectivity index (χ1) is 7.77. The molecule has 0 bridgehead atoms. The van der Waals surface area contributed by atoms with Crippen molar-refractivity contribution < 1.29 is 4.39 Å². The molecular formula is C12H20FN3. The van der Waals surface area contributed by atoms with Gasteiger partial charge in [-0.05, 0) is 13.0 Å². The Morgan fingerprint density at radius 3 is 2.44 bits per heavy atom. The van der Waals surface area contributed by atoms with Gasteiger partial charge in [0, 0.05) is 31.7 Å². The standard InChI is InChI=1S/C10H14FN3.C2H6/c1-8-2-3-9(13-10(8)11)14-6-4-12-5-7-14;1-2/h2-3,12H,4-7H2,1H3;1-2H3. The van der Waals surface area contributed by atoms with E-state index in [0.717, 1.165) is 32.0 Å². The highest BCUT2D eigenvalue weighted by atomic mass is 19.1. The number of rotatable bonds is 1. The van der Waals surface area contributed by atoms with E-state index in [1.54, 1.807) is 13.0 Å². The largest absolute Gasteiger partial charge is 0.354 e. The minimum Gasteiger partial charge on any atom is -0.354 e. The fraction of sp³-hybridized carbons (Fsp3) is 0.583. The molecule has 1 saturated heterocycles. The second-order valence-corrected chi connectivity index (χ2v) is 3.51. The molecule has 0 spiro atoms. The number of aromatic nitrogens is 1. The first-order valence-corrected chi connectivity index (χ1v) is 5.86. The molecule has 16 heavy (non-hydrogen) atoms. The van der Waals surface area contributed by atoms with Crippen LogP contribution < -0.4 is 10.2 Å². The molecule has 0 amide bonds. The predicted molar refractivity (Wildman–Crippen MR) is 65.4 cm³/mol. The Balaban J connectivity index is 0.000000606. The third-order valence-corrected chi connectivity index (χ3v) is 2.46. The normalized spacial score (nSPS) is 15.4. The van der Waals surface area contributed by atoms with Crippen molar-refractivity contribution in [2.24, 2.45) is 0 Å². The highest BCUT2D eigenvalue weighted by Crippen LogP contribution is 2.13. The van der Waals surface area contributed by atoms with Crippen LogP contribution in [0, 0.1) is 12.9 Å². The van der Waals surface area contributed by atoms with Crippen molar-refractivity contribution in [3.63, 3.8) is 0 Å². The summed E-state index contributed by atoms with van der Waals surface area (Å²) in [6.07, 6.45) is 0. The summed E-state index contributed by atoms with van der Waals surface area (Å²) in [5.41, 5.74) is 0.601. The van der Waals surface area contributed by atoms with Crippen molar-refractivity contribution in [3.8, 4) is 0 Å². The van der Waals surface area contributed by atoms with Crippen LogP contribution in [-0.2, 0) is 0 Å². The summed E-state index contributed by atoms with van der Waals surface area (Å²) in [6, 6.07) is 3.66. The Morgan fingerprint density at radius 2 is 1.88 bits per heavy atom. The molecule has 90 valence electrons. The maximum absolute atomic E-state index is 13.2. The van der Waals surface area contributed by atoms with Crippen LogP contribution in [-0.4, -0.2) is 31.2 Å². The number of nitrogens with one attached hydrogen (secondary N) is 1. The summed E-state index contributed by atoms with van der Waals surface area (Å²) in [6.45, 7) is 9.41. The van der Waals surface area contributed by atoms with Crippen LogP contribution in [0.25, 0.3) is 0 Å². The summed E-state index contributed by atoms with van der Waals surface area (Å²) in [4.78, 5) is 6.02. The highest BCUT2D eigenvalue weighted by Gasteiger charge is 2.12.